The van der Waals surface area contributed by atoms with Gasteiger partial charge in [0, 0.05) is 6.07 Å². The Balaban J connectivity index is 2.60. The molecule has 6 heteroatoms. The molecule has 0 saturated carbocycles. The number of halogens is 1. The summed E-state index contributed by atoms with van der Waals surface area (Å²) < 4.78 is 24.0. The van der Waals surface area contributed by atoms with Gasteiger partial charge >= 0.3 is 5.97 Å². The lowest BCUT2D eigenvalue weighted by atomic mass is 9.98. The van der Waals surface area contributed by atoms with Gasteiger partial charge in [0.15, 0.2) is 23.0 Å². The van der Waals surface area contributed by atoms with Gasteiger partial charge in [-0.05, 0) is 23.6 Å². The average Bonchev–Trinajstić information content (AvgIpc) is 2.87. The maximum atomic E-state index is 14.0. The molecule has 0 atom stereocenters. The molecule has 0 fully saturated rings. The van der Waals surface area contributed by atoms with E-state index in [-0.39, 0.29) is 23.1 Å². The number of carboxylic acid groups (broad SMARTS) is 1. The number of rotatable bonds is 4. The molecule has 1 aromatic carbocycles. The molecule has 0 aliphatic carbocycles. The maximum absolute atomic E-state index is 14.0. The van der Waals surface area contributed by atoms with Crippen LogP contribution in [-0.4, -0.2) is 23.3 Å². The van der Waals surface area contributed by atoms with E-state index in [9.17, 15) is 9.18 Å². The quantitative estimate of drug-likeness (QED) is 0.929. The van der Waals surface area contributed by atoms with Crippen LogP contribution in [0.25, 0.3) is 11.3 Å². The van der Waals surface area contributed by atoms with Gasteiger partial charge in [-0.15, -0.1) is 0 Å². The highest BCUT2D eigenvalue weighted by Crippen LogP contribution is 2.35. The van der Waals surface area contributed by atoms with Crippen LogP contribution in [0.5, 0.6) is 5.75 Å². The summed E-state index contributed by atoms with van der Waals surface area (Å²) in [6.07, 6.45) is 0. The molecule has 2 rings (SSSR count). The number of aromatic nitrogens is 1. The molecule has 0 spiro atoms. The van der Waals surface area contributed by atoms with Crippen molar-refractivity contribution in [3.05, 3.63) is 35.3 Å². The van der Waals surface area contributed by atoms with E-state index in [1.807, 2.05) is 13.8 Å². The van der Waals surface area contributed by atoms with Crippen molar-refractivity contribution in [2.45, 2.75) is 19.8 Å². The maximum Gasteiger partial charge on any atom is 0.358 e. The smallest absolute Gasteiger partial charge is 0.358 e. The Labute approximate surface area is 115 Å². The molecule has 0 amide bonds. The number of methoxy groups -OCH3 is 1. The van der Waals surface area contributed by atoms with E-state index in [2.05, 4.69) is 5.16 Å². The summed E-state index contributed by atoms with van der Waals surface area (Å²) >= 11 is 0. The number of aromatic carboxylic acids is 1. The van der Waals surface area contributed by atoms with E-state index in [0.29, 0.717) is 5.56 Å². The van der Waals surface area contributed by atoms with Crippen molar-refractivity contribution in [2.75, 3.05) is 7.11 Å². The summed E-state index contributed by atoms with van der Waals surface area (Å²) in [5.74, 6) is -1.47. The summed E-state index contributed by atoms with van der Waals surface area (Å²) in [6, 6.07) is 4.34. The van der Waals surface area contributed by atoms with Gasteiger partial charge < -0.3 is 14.4 Å². The minimum atomic E-state index is -1.21. The average molecular weight is 279 g/mol. The van der Waals surface area contributed by atoms with E-state index in [1.165, 1.54) is 19.2 Å². The zero-order valence-corrected chi connectivity index (χ0v) is 11.3. The van der Waals surface area contributed by atoms with Gasteiger partial charge in [-0.1, -0.05) is 19.0 Å². The van der Waals surface area contributed by atoms with Crippen LogP contribution in [0.4, 0.5) is 4.39 Å². The minimum absolute atomic E-state index is 0.00230. The molecule has 0 radical (unpaired) electrons. The molecule has 1 N–H and O–H groups in total. The third kappa shape index (κ3) is 2.49. The number of carboxylic acids is 1. The molecule has 0 bridgehead atoms. The normalized spacial score (nSPS) is 10.8. The predicted molar refractivity (Wildman–Crippen MR) is 69.5 cm³/mol. The van der Waals surface area contributed by atoms with Crippen molar-refractivity contribution in [1.82, 2.24) is 5.16 Å². The third-order valence-electron chi connectivity index (χ3n) is 2.93. The molecule has 0 saturated heterocycles. The molecule has 20 heavy (non-hydrogen) atoms. The molecule has 0 unspecified atom stereocenters. The van der Waals surface area contributed by atoms with Crippen LogP contribution in [0, 0.1) is 5.82 Å². The fourth-order valence-electron chi connectivity index (χ4n) is 1.84. The van der Waals surface area contributed by atoms with Gasteiger partial charge in [0.25, 0.3) is 0 Å². The Hall–Kier alpha value is -2.37. The van der Waals surface area contributed by atoms with Crippen LogP contribution >= 0.6 is 0 Å². The molecule has 0 aliphatic rings. The second-order valence-corrected chi connectivity index (χ2v) is 4.62. The molecule has 5 nitrogen and oxygen atoms in total. The van der Waals surface area contributed by atoms with Gasteiger partial charge in [0.1, 0.15) is 0 Å². The first kappa shape index (κ1) is 14.0. The SMILES string of the molecule is COc1c(F)cc(C(C)C)cc1-c1cc(C(=O)O)no1. The topological polar surface area (TPSA) is 72.6 Å². The van der Waals surface area contributed by atoms with Crippen LogP contribution in [-0.2, 0) is 0 Å². The monoisotopic (exact) mass is 279 g/mol. The number of hydrogen-bond acceptors (Lipinski definition) is 4. The standard InChI is InChI=1S/C14H14FNO4/c1-7(2)8-4-9(13(19-3)10(15)5-8)12-6-11(14(17)18)16-20-12/h4-7H,1-3H3,(H,17,18). The summed E-state index contributed by atoms with van der Waals surface area (Å²) in [4.78, 5) is 10.8. The van der Waals surface area contributed by atoms with E-state index >= 15 is 0 Å². The van der Waals surface area contributed by atoms with Crippen molar-refractivity contribution >= 4 is 5.97 Å². The number of nitrogens with zero attached hydrogens (tertiary/aromatic N) is 1. The lowest BCUT2D eigenvalue weighted by molar-refractivity contribution is 0.0686. The van der Waals surface area contributed by atoms with Gasteiger partial charge in [0.2, 0.25) is 0 Å². The van der Waals surface area contributed by atoms with Gasteiger partial charge in [0.05, 0.1) is 12.7 Å². The molecular weight excluding hydrogens is 265 g/mol. The Bertz CT molecular complexity index is 649. The fourth-order valence-corrected chi connectivity index (χ4v) is 1.84. The Morgan fingerprint density at radius 3 is 2.60 bits per heavy atom. The first-order valence-corrected chi connectivity index (χ1v) is 6.01. The number of ether oxygens (including phenoxy) is 1. The summed E-state index contributed by atoms with van der Waals surface area (Å²) in [5.41, 5.74) is 0.861. The molecular formula is C14H14FNO4. The molecule has 0 aliphatic heterocycles. The predicted octanol–water partition coefficient (Wildman–Crippen LogP) is 3.31. The van der Waals surface area contributed by atoms with Crippen molar-refractivity contribution in [2.24, 2.45) is 0 Å². The van der Waals surface area contributed by atoms with Crippen molar-refractivity contribution < 1.29 is 23.6 Å². The van der Waals surface area contributed by atoms with E-state index in [0.717, 1.165) is 5.56 Å². The summed E-state index contributed by atoms with van der Waals surface area (Å²) in [7, 11) is 1.34. The van der Waals surface area contributed by atoms with Gasteiger partial charge in [-0.3, -0.25) is 0 Å². The summed E-state index contributed by atoms with van der Waals surface area (Å²) in [5, 5.41) is 12.3. The van der Waals surface area contributed by atoms with Crippen LogP contribution in [0.3, 0.4) is 0 Å². The van der Waals surface area contributed by atoms with E-state index < -0.39 is 11.8 Å². The van der Waals surface area contributed by atoms with Crippen LogP contribution < -0.4 is 4.74 Å². The second-order valence-electron chi connectivity index (χ2n) is 4.62. The lowest BCUT2D eigenvalue weighted by Gasteiger charge is -2.12. The van der Waals surface area contributed by atoms with Gasteiger partial charge in [-0.2, -0.15) is 0 Å². The van der Waals surface area contributed by atoms with Crippen LogP contribution in [0.15, 0.2) is 22.7 Å². The molecule has 2 aromatic rings. The first-order chi connectivity index (χ1) is 9.43. The van der Waals surface area contributed by atoms with Crippen molar-refractivity contribution in [3.8, 4) is 17.1 Å². The molecule has 106 valence electrons. The van der Waals surface area contributed by atoms with E-state index in [1.54, 1.807) is 6.07 Å². The molecule has 1 heterocycles. The largest absolute Gasteiger partial charge is 0.493 e. The lowest BCUT2D eigenvalue weighted by Crippen LogP contribution is -1.97. The Kier molecular flexibility index (Phi) is 3.74. The van der Waals surface area contributed by atoms with Crippen molar-refractivity contribution in [1.29, 1.82) is 0 Å². The minimum Gasteiger partial charge on any atom is -0.493 e. The number of carbonyl (C=O) groups is 1. The highest BCUT2D eigenvalue weighted by molar-refractivity contribution is 5.86. The highest BCUT2D eigenvalue weighted by Gasteiger charge is 2.20. The number of benzene rings is 1. The van der Waals surface area contributed by atoms with Gasteiger partial charge in [-0.25, -0.2) is 9.18 Å². The highest BCUT2D eigenvalue weighted by atomic mass is 19.1. The van der Waals surface area contributed by atoms with E-state index in [4.69, 9.17) is 14.4 Å². The third-order valence-corrected chi connectivity index (χ3v) is 2.93. The fraction of sp³-hybridized carbons (Fsp3) is 0.286. The zero-order chi connectivity index (χ0) is 14.9. The number of hydrogen-bond donors (Lipinski definition) is 1. The van der Waals surface area contributed by atoms with Crippen LogP contribution in [0.2, 0.25) is 0 Å². The van der Waals surface area contributed by atoms with Crippen LogP contribution in [0.1, 0.15) is 35.8 Å². The summed E-state index contributed by atoms with van der Waals surface area (Å²) in [6.45, 7) is 3.85. The first-order valence-electron chi connectivity index (χ1n) is 6.01. The van der Waals surface area contributed by atoms with Crippen molar-refractivity contribution in [3.63, 3.8) is 0 Å². The second kappa shape index (κ2) is 5.32. The Morgan fingerprint density at radius 2 is 2.10 bits per heavy atom. The zero-order valence-electron chi connectivity index (χ0n) is 11.3. The Morgan fingerprint density at radius 1 is 1.40 bits per heavy atom. The molecule has 1 aromatic heterocycles.